The maximum atomic E-state index is 13.3. The summed E-state index contributed by atoms with van der Waals surface area (Å²) in [6.45, 7) is 3.64. The number of carbonyl (C=O) groups excluding carboxylic acids is 1. The summed E-state index contributed by atoms with van der Waals surface area (Å²) in [5.41, 5.74) is 3.43. The van der Waals surface area contributed by atoms with Gasteiger partial charge >= 0.3 is 0 Å². The van der Waals surface area contributed by atoms with Crippen LogP contribution in [0.4, 0.5) is 5.69 Å². The van der Waals surface area contributed by atoms with Crippen LogP contribution in [0.5, 0.6) is 0 Å². The van der Waals surface area contributed by atoms with E-state index in [9.17, 15) is 13.2 Å². The molecule has 0 saturated carbocycles. The third kappa shape index (κ3) is 6.17. The highest BCUT2D eigenvalue weighted by molar-refractivity contribution is 7.89. The number of rotatable bonds is 8. The standard InChI is InChI=1S/C24H25ClN2O3S/c1-3-19-9-11-22(12-10-19)26-24(28)17-27(16-20-5-4-6-21(25)15-20)31(29,30)23-13-7-18(2)8-14-23/h4-15H,3,16-17H2,1-2H3,(H,26,28). The van der Waals surface area contributed by atoms with Crippen LogP contribution in [0.1, 0.15) is 23.6 Å². The van der Waals surface area contributed by atoms with Crippen LogP contribution in [-0.4, -0.2) is 25.2 Å². The Morgan fingerprint density at radius 3 is 2.26 bits per heavy atom. The molecule has 0 unspecified atom stereocenters. The van der Waals surface area contributed by atoms with Gasteiger partial charge in [-0.05, 0) is 60.9 Å². The minimum Gasteiger partial charge on any atom is -0.325 e. The van der Waals surface area contributed by atoms with Crippen LogP contribution in [0.15, 0.2) is 77.7 Å². The second kappa shape index (κ2) is 10.1. The van der Waals surface area contributed by atoms with Crippen molar-refractivity contribution in [2.24, 2.45) is 0 Å². The molecule has 0 saturated heterocycles. The van der Waals surface area contributed by atoms with E-state index in [-0.39, 0.29) is 18.0 Å². The molecule has 3 aromatic carbocycles. The van der Waals surface area contributed by atoms with Crippen LogP contribution in [-0.2, 0) is 27.8 Å². The molecule has 7 heteroatoms. The SMILES string of the molecule is CCc1ccc(NC(=O)CN(Cc2cccc(Cl)c2)S(=O)(=O)c2ccc(C)cc2)cc1. The third-order valence-corrected chi connectivity index (χ3v) is 6.91. The highest BCUT2D eigenvalue weighted by Gasteiger charge is 2.27. The first kappa shape index (κ1) is 23.0. The number of hydrogen-bond acceptors (Lipinski definition) is 3. The van der Waals surface area contributed by atoms with Crippen molar-refractivity contribution in [3.05, 3.63) is 94.5 Å². The third-order valence-electron chi connectivity index (χ3n) is 4.87. The molecule has 162 valence electrons. The summed E-state index contributed by atoms with van der Waals surface area (Å²) in [4.78, 5) is 12.9. The highest BCUT2D eigenvalue weighted by atomic mass is 35.5. The fraction of sp³-hybridized carbons (Fsp3) is 0.208. The van der Waals surface area contributed by atoms with Gasteiger partial charge in [0.05, 0.1) is 11.4 Å². The van der Waals surface area contributed by atoms with Gasteiger partial charge in [-0.1, -0.05) is 60.5 Å². The molecule has 0 spiro atoms. The summed E-state index contributed by atoms with van der Waals surface area (Å²) in [5, 5.41) is 3.29. The Bertz CT molecular complexity index is 1140. The van der Waals surface area contributed by atoms with E-state index in [1.165, 1.54) is 4.31 Å². The lowest BCUT2D eigenvalue weighted by molar-refractivity contribution is -0.116. The molecule has 0 aliphatic heterocycles. The Morgan fingerprint density at radius 2 is 1.65 bits per heavy atom. The lowest BCUT2D eigenvalue weighted by atomic mass is 10.1. The number of hydrogen-bond donors (Lipinski definition) is 1. The predicted octanol–water partition coefficient (Wildman–Crippen LogP) is 5.04. The summed E-state index contributed by atoms with van der Waals surface area (Å²) in [7, 11) is -3.90. The molecule has 0 aliphatic rings. The minimum absolute atomic E-state index is 0.0267. The zero-order valence-electron chi connectivity index (χ0n) is 17.5. The topological polar surface area (TPSA) is 66.5 Å². The van der Waals surface area contributed by atoms with Crippen LogP contribution >= 0.6 is 11.6 Å². The molecule has 31 heavy (non-hydrogen) atoms. The van der Waals surface area contributed by atoms with E-state index in [0.717, 1.165) is 17.5 Å². The van der Waals surface area contributed by atoms with Crippen molar-refractivity contribution < 1.29 is 13.2 Å². The normalized spacial score (nSPS) is 11.5. The van der Waals surface area contributed by atoms with E-state index in [0.29, 0.717) is 16.3 Å². The molecule has 5 nitrogen and oxygen atoms in total. The van der Waals surface area contributed by atoms with Crippen LogP contribution in [0, 0.1) is 6.92 Å². The molecule has 0 atom stereocenters. The van der Waals surface area contributed by atoms with Crippen molar-refractivity contribution in [3.63, 3.8) is 0 Å². The molecule has 0 bridgehead atoms. The van der Waals surface area contributed by atoms with Gasteiger partial charge in [-0.15, -0.1) is 0 Å². The van der Waals surface area contributed by atoms with Crippen molar-refractivity contribution in [3.8, 4) is 0 Å². The number of benzene rings is 3. The zero-order chi connectivity index (χ0) is 22.4. The smallest absolute Gasteiger partial charge is 0.243 e. The van der Waals surface area contributed by atoms with E-state index in [1.54, 1.807) is 48.5 Å². The largest absolute Gasteiger partial charge is 0.325 e. The maximum absolute atomic E-state index is 13.3. The van der Waals surface area contributed by atoms with Crippen LogP contribution in [0.3, 0.4) is 0 Å². The van der Waals surface area contributed by atoms with E-state index in [1.807, 2.05) is 31.2 Å². The fourth-order valence-corrected chi connectivity index (χ4v) is 4.71. The van der Waals surface area contributed by atoms with E-state index >= 15 is 0 Å². The Balaban J connectivity index is 1.85. The van der Waals surface area contributed by atoms with E-state index in [2.05, 4.69) is 12.2 Å². The number of sulfonamides is 1. The van der Waals surface area contributed by atoms with Crippen molar-refractivity contribution in [2.45, 2.75) is 31.7 Å². The van der Waals surface area contributed by atoms with E-state index < -0.39 is 15.9 Å². The van der Waals surface area contributed by atoms with Gasteiger partial charge in [-0.3, -0.25) is 4.79 Å². The second-order valence-corrected chi connectivity index (χ2v) is 9.69. The Hall–Kier alpha value is -2.67. The van der Waals surface area contributed by atoms with Gasteiger partial charge in [-0.25, -0.2) is 8.42 Å². The monoisotopic (exact) mass is 456 g/mol. The average Bonchev–Trinajstić information content (AvgIpc) is 2.74. The van der Waals surface area contributed by atoms with Crippen molar-refractivity contribution in [1.29, 1.82) is 0 Å². The summed E-state index contributed by atoms with van der Waals surface area (Å²) >= 11 is 6.07. The average molecular weight is 457 g/mol. The molecular weight excluding hydrogens is 432 g/mol. The first-order chi connectivity index (χ1) is 14.8. The Labute approximate surface area is 188 Å². The Morgan fingerprint density at radius 1 is 0.968 bits per heavy atom. The quantitative estimate of drug-likeness (QED) is 0.516. The van der Waals surface area contributed by atoms with Crippen LogP contribution in [0.2, 0.25) is 5.02 Å². The minimum atomic E-state index is -3.90. The van der Waals surface area contributed by atoms with Gasteiger partial charge in [0, 0.05) is 17.3 Å². The predicted molar refractivity (Wildman–Crippen MR) is 125 cm³/mol. The second-order valence-electron chi connectivity index (χ2n) is 7.31. The van der Waals surface area contributed by atoms with Gasteiger partial charge in [-0.2, -0.15) is 4.31 Å². The van der Waals surface area contributed by atoms with Crippen LogP contribution < -0.4 is 5.32 Å². The van der Waals surface area contributed by atoms with Gasteiger partial charge in [0.1, 0.15) is 0 Å². The molecule has 0 aromatic heterocycles. The van der Waals surface area contributed by atoms with E-state index in [4.69, 9.17) is 11.6 Å². The summed E-state index contributed by atoms with van der Waals surface area (Å²) in [6, 6.07) is 21.0. The molecular formula is C24H25ClN2O3S. The molecule has 0 radical (unpaired) electrons. The number of amides is 1. The first-order valence-corrected chi connectivity index (χ1v) is 11.8. The molecule has 0 aliphatic carbocycles. The number of nitrogens with zero attached hydrogens (tertiary/aromatic N) is 1. The molecule has 1 N–H and O–H groups in total. The number of aryl methyl sites for hydroxylation is 2. The lowest BCUT2D eigenvalue weighted by Gasteiger charge is -2.22. The number of halogens is 1. The maximum Gasteiger partial charge on any atom is 0.243 e. The molecule has 3 rings (SSSR count). The van der Waals surface area contributed by atoms with Gasteiger partial charge in [0.15, 0.2) is 0 Å². The van der Waals surface area contributed by atoms with Crippen molar-refractivity contribution >= 4 is 33.2 Å². The highest BCUT2D eigenvalue weighted by Crippen LogP contribution is 2.21. The lowest BCUT2D eigenvalue weighted by Crippen LogP contribution is -2.37. The molecule has 1 amide bonds. The summed E-state index contributed by atoms with van der Waals surface area (Å²) in [6.07, 6.45) is 0.899. The number of nitrogens with one attached hydrogen (secondary N) is 1. The molecule has 3 aromatic rings. The number of anilines is 1. The zero-order valence-corrected chi connectivity index (χ0v) is 19.1. The van der Waals surface area contributed by atoms with Gasteiger partial charge < -0.3 is 5.32 Å². The molecule has 0 heterocycles. The fourth-order valence-electron chi connectivity index (χ4n) is 3.11. The summed E-state index contributed by atoms with van der Waals surface area (Å²) in [5.74, 6) is -0.415. The molecule has 0 fully saturated rings. The van der Waals surface area contributed by atoms with Gasteiger partial charge in [0.25, 0.3) is 0 Å². The van der Waals surface area contributed by atoms with Crippen molar-refractivity contribution in [1.82, 2.24) is 4.31 Å². The van der Waals surface area contributed by atoms with Crippen LogP contribution in [0.25, 0.3) is 0 Å². The van der Waals surface area contributed by atoms with Crippen molar-refractivity contribution in [2.75, 3.05) is 11.9 Å². The summed E-state index contributed by atoms with van der Waals surface area (Å²) < 4.78 is 27.8. The Kier molecular flexibility index (Phi) is 7.49. The first-order valence-electron chi connectivity index (χ1n) is 9.98. The van der Waals surface area contributed by atoms with Gasteiger partial charge in [0.2, 0.25) is 15.9 Å². The number of carbonyl (C=O) groups is 1.